The lowest BCUT2D eigenvalue weighted by molar-refractivity contribution is -0.360. The summed E-state index contributed by atoms with van der Waals surface area (Å²) in [4.78, 5) is 73.3. The van der Waals surface area contributed by atoms with Crippen LogP contribution in [0.3, 0.4) is 0 Å². The van der Waals surface area contributed by atoms with Crippen molar-refractivity contribution in [3.63, 3.8) is 0 Å². The molecule has 2 bridgehead atoms. The first-order chi connectivity index (χ1) is 44.2. The van der Waals surface area contributed by atoms with Gasteiger partial charge in [-0.1, -0.05) is 76.3 Å². The molecule has 25 atom stereocenters. The molecule has 6 aliphatic rings. The molecule has 0 spiro atoms. The number of nitrogens with zero attached hydrogens (tertiary/aromatic N) is 4. The zero-order chi connectivity index (χ0) is 68.2. The van der Waals surface area contributed by atoms with Gasteiger partial charge in [0.2, 0.25) is 5.79 Å². The fraction of sp³-hybridized carbons (Fsp3) is 0.773. The van der Waals surface area contributed by atoms with E-state index < -0.39 is 164 Å². The van der Waals surface area contributed by atoms with E-state index in [9.17, 15) is 69.9 Å². The van der Waals surface area contributed by atoms with E-state index in [1.165, 1.54) is 7.11 Å². The van der Waals surface area contributed by atoms with Gasteiger partial charge in [0, 0.05) is 58.5 Å². The lowest BCUT2D eigenvalue weighted by Gasteiger charge is -2.45. The SMILES string of the molecule is COC1C[C@@H]2CC[C@@H](C)[C@@](O)(O2)C(=O)C(=O)N2CCCC[C@H]2C(=O)O[C@H]([C@H](C)C[C@@H]2CC[C@H](n3cc(CO[C@@H]4O[C@H](CO)[C@@H](O[C@@H]5O[C@H](CO)[C@@H](O)[C@H](O)[C@H]5O)[C@H](O)[C@H]4O)nn3)[C@H](OC)C2)CC(=O)[C@H](C)/C=C(\C)[C@@H](O)C(OC)C(=O)[C@H](C)C[C@H](C)/C=C/C=C/C=C/1C. The van der Waals surface area contributed by atoms with Crippen LogP contribution in [0.1, 0.15) is 137 Å². The molecule has 27 nitrogen and oxygen atoms in total. The molecule has 5 fully saturated rings. The highest BCUT2D eigenvalue weighted by molar-refractivity contribution is 6.39. The van der Waals surface area contributed by atoms with E-state index in [2.05, 4.69) is 10.3 Å². The number of aliphatic hydroxyl groups excluding tert-OH is 8. The Morgan fingerprint density at radius 3 is 2.16 bits per heavy atom. The Labute approximate surface area is 544 Å². The largest absolute Gasteiger partial charge is 0.460 e. The molecule has 27 heteroatoms. The van der Waals surface area contributed by atoms with Crippen molar-refractivity contribution in [3.05, 3.63) is 59.5 Å². The Morgan fingerprint density at radius 2 is 1.47 bits per heavy atom. The number of Topliss-reactive ketones (excluding diaryl/α,β-unsaturated/α-hetero) is 3. The van der Waals surface area contributed by atoms with Crippen molar-refractivity contribution < 1.29 is 113 Å². The van der Waals surface area contributed by atoms with Gasteiger partial charge in [0.25, 0.3) is 11.7 Å². The lowest BCUT2D eigenvalue weighted by atomic mass is 9.77. The van der Waals surface area contributed by atoms with Crippen molar-refractivity contribution in [1.82, 2.24) is 19.9 Å². The van der Waals surface area contributed by atoms with Crippen LogP contribution in [0.25, 0.3) is 0 Å². The van der Waals surface area contributed by atoms with Gasteiger partial charge >= 0.3 is 5.97 Å². The Hall–Kier alpha value is -4.63. The van der Waals surface area contributed by atoms with E-state index in [1.54, 1.807) is 58.9 Å². The first kappa shape index (κ1) is 75.7. The molecule has 0 radical (unpaired) electrons. The summed E-state index contributed by atoms with van der Waals surface area (Å²) in [5.74, 6) is -8.88. The molecule has 6 heterocycles. The molecule has 0 aromatic carbocycles. The van der Waals surface area contributed by atoms with Gasteiger partial charge in [-0.15, -0.1) is 5.10 Å². The summed E-state index contributed by atoms with van der Waals surface area (Å²) in [5, 5.41) is 105. The number of allylic oxidation sites excluding steroid dienone is 6. The fourth-order valence-corrected chi connectivity index (χ4v) is 13.8. The minimum absolute atomic E-state index is 0.0206. The second-order valence-corrected chi connectivity index (χ2v) is 26.6. The second kappa shape index (κ2) is 34.5. The van der Waals surface area contributed by atoms with Crippen LogP contribution < -0.4 is 0 Å². The Bertz CT molecular complexity index is 2760. The molecule has 1 aromatic rings. The van der Waals surface area contributed by atoms with E-state index in [4.69, 9.17) is 42.6 Å². The van der Waals surface area contributed by atoms with Crippen molar-refractivity contribution in [3.8, 4) is 0 Å². The lowest BCUT2D eigenvalue weighted by Crippen LogP contribution is -2.64. The van der Waals surface area contributed by atoms with Crippen LogP contribution >= 0.6 is 0 Å². The topological polar surface area (TPSA) is 384 Å². The van der Waals surface area contributed by atoms with E-state index in [0.717, 1.165) is 10.5 Å². The summed E-state index contributed by atoms with van der Waals surface area (Å²) in [6.07, 6.45) is -4.25. The molecule has 5 aliphatic heterocycles. The maximum Gasteiger partial charge on any atom is 0.329 e. The number of methoxy groups -OCH3 is 3. The maximum atomic E-state index is 14.8. The number of hydrogen-bond donors (Lipinski definition) is 9. The second-order valence-electron chi connectivity index (χ2n) is 26.6. The van der Waals surface area contributed by atoms with Crippen molar-refractivity contribution in [2.24, 2.45) is 35.5 Å². The molecule has 1 saturated carbocycles. The molecular formula is C66H102N4O23. The number of hydrogen-bond acceptors (Lipinski definition) is 25. The van der Waals surface area contributed by atoms with Gasteiger partial charge in [0.05, 0.1) is 50.4 Å². The van der Waals surface area contributed by atoms with E-state index in [1.807, 2.05) is 51.2 Å². The average Bonchev–Trinajstić information content (AvgIpc) is 1.35. The van der Waals surface area contributed by atoms with Crippen LogP contribution in [0, 0.1) is 35.5 Å². The van der Waals surface area contributed by atoms with Gasteiger partial charge in [-0.05, 0) is 107 Å². The number of fused-ring (bicyclic) bond motifs is 3. The fourth-order valence-electron chi connectivity index (χ4n) is 13.8. The zero-order valence-corrected chi connectivity index (χ0v) is 55.2. The van der Waals surface area contributed by atoms with Crippen molar-refractivity contribution >= 4 is 29.2 Å². The third kappa shape index (κ3) is 18.5. The number of carbonyl (C=O) groups excluding carboxylic acids is 5. The minimum atomic E-state index is -2.50. The summed E-state index contributed by atoms with van der Waals surface area (Å²) < 4.78 is 54.4. The molecule has 1 aliphatic carbocycles. The highest BCUT2D eigenvalue weighted by Gasteiger charge is 2.54. The number of piperidine rings is 1. The molecule has 9 N–H and O–H groups in total. The van der Waals surface area contributed by atoms with Crippen LogP contribution in [0.4, 0.5) is 0 Å². The quantitative estimate of drug-likeness (QED) is 0.0728. The van der Waals surface area contributed by atoms with Gasteiger partial charge in [-0.25, -0.2) is 9.48 Å². The van der Waals surface area contributed by atoms with Gasteiger partial charge < -0.3 is 93.5 Å². The molecular weight excluding hydrogens is 1220 g/mol. The first-order valence-electron chi connectivity index (χ1n) is 32.8. The van der Waals surface area contributed by atoms with E-state index in [-0.39, 0.29) is 61.9 Å². The van der Waals surface area contributed by atoms with Crippen LogP contribution in [-0.4, -0.2) is 246 Å². The predicted molar refractivity (Wildman–Crippen MR) is 329 cm³/mol. The number of aliphatic hydroxyl groups is 9. The summed E-state index contributed by atoms with van der Waals surface area (Å²) in [6, 6.07) is -1.56. The summed E-state index contributed by atoms with van der Waals surface area (Å²) in [7, 11) is 4.48. The molecule has 1 amide bonds. The number of aromatic nitrogens is 3. The van der Waals surface area contributed by atoms with E-state index >= 15 is 0 Å². The van der Waals surface area contributed by atoms with Crippen LogP contribution in [-0.2, 0) is 73.2 Å². The third-order valence-electron chi connectivity index (χ3n) is 19.7. The van der Waals surface area contributed by atoms with Crippen LogP contribution in [0.5, 0.6) is 0 Å². The van der Waals surface area contributed by atoms with Crippen LogP contribution in [0.2, 0.25) is 0 Å². The Balaban J connectivity index is 1.07. The average molecular weight is 1320 g/mol. The van der Waals surface area contributed by atoms with Gasteiger partial charge in [0.15, 0.2) is 18.4 Å². The molecule has 2 unspecified atom stereocenters. The number of amides is 1. The predicted octanol–water partition coefficient (Wildman–Crippen LogP) is 1.79. The van der Waals surface area contributed by atoms with Gasteiger partial charge in [-0.3, -0.25) is 19.2 Å². The molecule has 7 rings (SSSR count). The molecule has 93 heavy (non-hydrogen) atoms. The van der Waals surface area contributed by atoms with Crippen LogP contribution in [0.15, 0.2) is 53.8 Å². The number of ketones is 3. The maximum absolute atomic E-state index is 14.8. The standard InChI is InChI=1S/C66H102N4O23/c1-34-16-12-11-13-17-35(2)47(85-8)28-43-21-19-40(7)66(84,93-43)61(81)62(82)69-23-15-14-18-45(69)63(83)89-48(29-46(73)36(3)25-39(6)53(75)60(87-10)52(74)38(5)24-34)37(4)26-41-20-22-44(49(27-41)86-9)70-30-42(67-68-70)33-88-64-58(80)56(78)59(51(32-72)91-64)92-65-57(79)55(77)54(76)50(31-71)90-65/h11-13,16-17,25,30,34,36-38,40-41,43-45,47-51,53-60,64-65,71-72,75-80,84H,14-15,18-24,26-29,31-33H2,1-10H3/b13-11+,16-12+,35-17+,39-25+/t34-,36-,37-,38-,40-,41+,43+,44+,45+,47?,48+,49-,50-,51-,53-,54-,55+,56-,57-,58-,59-,60?,64-,65+,66-/m1/s1. The number of ether oxygens (including phenoxy) is 9. The van der Waals surface area contributed by atoms with E-state index in [0.29, 0.717) is 69.1 Å². The minimum Gasteiger partial charge on any atom is -0.460 e. The number of esters is 1. The monoisotopic (exact) mass is 1320 g/mol. The van der Waals surface area contributed by atoms with Crippen molar-refractivity contribution in [2.45, 2.75) is 248 Å². The third-order valence-corrected chi connectivity index (χ3v) is 19.7. The molecule has 1 aromatic heterocycles. The van der Waals surface area contributed by atoms with Crippen molar-refractivity contribution in [1.29, 1.82) is 0 Å². The Morgan fingerprint density at radius 1 is 0.763 bits per heavy atom. The van der Waals surface area contributed by atoms with Gasteiger partial charge in [-0.2, -0.15) is 0 Å². The van der Waals surface area contributed by atoms with Crippen molar-refractivity contribution in [2.75, 3.05) is 41.1 Å². The first-order valence-corrected chi connectivity index (χ1v) is 32.8. The normalized spacial score (nSPS) is 41.9. The highest BCUT2D eigenvalue weighted by Crippen LogP contribution is 2.40. The number of cyclic esters (lactones) is 1. The summed E-state index contributed by atoms with van der Waals surface area (Å²) >= 11 is 0. The summed E-state index contributed by atoms with van der Waals surface area (Å²) in [6.45, 7) is 10.7. The molecule has 4 saturated heterocycles. The highest BCUT2D eigenvalue weighted by atomic mass is 16.7. The smallest absolute Gasteiger partial charge is 0.329 e. The summed E-state index contributed by atoms with van der Waals surface area (Å²) in [5.41, 5.74) is 1.48. The number of carbonyl (C=O) groups is 5. The number of rotatable bonds is 14. The Kier molecular flexibility index (Phi) is 28.1. The van der Waals surface area contributed by atoms with Gasteiger partial charge in [0.1, 0.15) is 84.7 Å². The zero-order valence-electron chi connectivity index (χ0n) is 55.2. The molecule has 524 valence electrons.